The Labute approximate surface area is 126 Å². The van der Waals surface area contributed by atoms with Crippen LogP contribution in [0, 0.1) is 5.82 Å². The molecule has 0 aromatic heterocycles. The largest absolute Gasteiger partial charge is 0.243 e. The molecule has 0 heterocycles. The second-order valence-corrected chi connectivity index (χ2v) is 6.52. The van der Waals surface area contributed by atoms with E-state index in [2.05, 4.69) is 4.72 Å². The summed E-state index contributed by atoms with van der Waals surface area (Å²) >= 11 is 11.7. The van der Waals surface area contributed by atoms with Crippen LogP contribution in [0.3, 0.4) is 0 Å². The Balaban J connectivity index is 2.22. The van der Waals surface area contributed by atoms with Gasteiger partial charge in [-0.15, -0.1) is 0 Å². The molecule has 0 bridgehead atoms. The van der Waals surface area contributed by atoms with E-state index in [1.165, 1.54) is 36.4 Å². The smallest absolute Gasteiger partial charge is 0.207 e. The summed E-state index contributed by atoms with van der Waals surface area (Å²) in [7, 11) is -3.84. The average molecular weight is 334 g/mol. The monoisotopic (exact) mass is 333 g/mol. The van der Waals surface area contributed by atoms with Crippen molar-refractivity contribution in [3.05, 3.63) is 63.9 Å². The summed E-state index contributed by atoms with van der Waals surface area (Å²) < 4.78 is 39.5. The van der Waals surface area contributed by atoms with Gasteiger partial charge in [-0.05, 0) is 29.8 Å². The van der Waals surface area contributed by atoms with Crippen molar-refractivity contribution in [2.45, 2.75) is 11.4 Å². The van der Waals surface area contributed by atoms with Gasteiger partial charge in [-0.2, -0.15) is 0 Å². The second kappa shape index (κ2) is 6.10. The second-order valence-electron chi connectivity index (χ2n) is 4.00. The van der Waals surface area contributed by atoms with Crippen molar-refractivity contribution in [3.63, 3.8) is 0 Å². The molecular weight excluding hydrogens is 324 g/mol. The van der Waals surface area contributed by atoms with Gasteiger partial charge < -0.3 is 0 Å². The fraction of sp³-hybridized carbons (Fsp3) is 0.0769. The average Bonchev–Trinajstić information content (AvgIpc) is 2.37. The highest BCUT2D eigenvalue weighted by molar-refractivity contribution is 7.89. The van der Waals surface area contributed by atoms with Crippen LogP contribution in [0.1, 0.15) is 5.56 Å². The van der Waals surface area contributed by atoms with Crippen LogP contribution < -0.4 is 4.72 Å². The van der Waals surface area contributed by atoms with E-state index >= 15 is 0 Å². The predicted octanol–water partition coefficient (Wildman–Crippen LogP) is 3.61. The summed E-state index contributed by atoms with van der Waals surface area (Å²) in [5, 5.41) is 0.0909. The van der Waals surface area contributed by atoms with Crippen LogP contribution in [0.5, 0.6) is 0 Å². The van der Waals surface area contributed by atoms with Gasteiger partial charge in [0.1, 0.15) is 10.7 Å². The zero-order chi connectivity index (χ0) is 14.8. The molecule has 0 atom stereocenters. The van der Waals surface area contributed by atoms with Gasteiger partial charge in [-0.25, -0.2) is 17.5 Å². The molecule has 0 unspecified atom stereocenters. The molecule has 3 nitrogen and oxygen atoms in total. The van der Waals surface area contributed by atoms with Crippen LogP contribution in [0.4, 0.5) is 4.39 Å². The van der Waals surface area contributed by atoms with Crippen LogP contribution in [0.2, 0.25) is 10.0 Å². The maximum atomic E-state index is 12.8. The number of rotatable bonds is 4. The lowest BCUT2D eigenvalue weighted by Gasteiger charge is -2.10. The summed E-state index contributed by atoms with van der Waals surface area (Å²) in [6, 6.07) is 9.94. The highest BCUT2D eigenvalue weighted by Gasteiger charge is 2.21. The lowest BCUT2D eigenvalue weighted by atomic mass is 10.2. The van der Waals surface area contributed by atoms with Crippen LogP contribution in [-0.2, 0) is 16.6 Å². The summed E-state index contributed by atoms with van der Waals surface area (Å²) in [5.74, 6) is -0.384. The van der Waals surface area contributed by atoms with E-state index < -0.39 is 10.0 Å². The Bertz CT molecular complexity index is 697. The Morgan fingerprint density at radius 3 is 2.10 bits per heavy atom. The van der Waals surface area contributed by atoms with Crippen molar-refractivity contribution < 1.29 is 12.8 Å². The van der Waals surface area contributed by atoms with E-state index in [0.29, 0.717) is 5.56 Å². The molecular formula is C13H10Cl2FNO2S. The quantitative estimate of drug-likeness (QED) is 0.928. The van der Waals surface area contributed by atoms with E-state index in [1.54, 1.807) is 6.07 Å². The van der Waals surface area contributed by atoms with Crippen molar-refractivity contribution in [1.29, 1.82) is 0 Å². The number of hydrogen-bond donors (Lipinski definition) is 1. The molecule has 7 heteroatoms. The Morgan fingerprint density at radius 2 is 1.55 bits per heavy atom. The molecule has 2 rings (SSSR count). The molecule has 0 aliphatic heterocycles. The Morgan fingerprint density at radius 1 is 1.00 bits per heavy atom. The topological polar surface area (TPSA) is 46.2 Å². The van der Waals surface area contributed by atoms with E-state index in [4.69, 9.17) is 23.2 Å². The maximum absolute atomic E-state index is 12.8. The van der Waals surface area contributed by atoms with Crippen molar-refractivity contribution in [3.8, 4) is 0 Å². The van der Waals surface area contributed by atoms with Gasteiger partial charge >= 0.3 is 0 Å². The van der Waals surface area contributed by atoms with Gasteiger partial charge in [0.2, 0.25) is 10.0 Å². The van der Waals surface area contributed by atoms with Crippen LogP contribution in [-0.4, -0.2) is 8.42 Å². The first kappa shape index (κ1) is 15.3. The highest BCUT2D eigenvalue weighted by atomic mass is 35.5. The first-order chi connectivity index (χ1) is 9.40. The molecule has 106 valence electrons. The molecule has 2 aromatic rings. The van der Waals surface area contributed by atoms with Crippen molar-refractivity contribution in [2.24, 2.45) is 0 Å². The minimum Gasteiger partial charge on any atom is -0.207 e. The van der Waals surface area contributed by atoms with E-state index in [0.717, 1.165) is 0 Å². The molecule has 20 heavy (non-hydrogen) atoms. The third-order valence-electron chi connectivity index (χ3n) is 2.57. The van der Waals surface area contributed by atoms with Crippen LogP contribution >= 0.6 is 23.2 Å². The molecule has 0 radical (unpaired) electrons. The number of benzene rings is 2. The van der Waals surface area contributed by atoms with Crippen molar-refractivity contribution >= 4 is 33.2 Å². The number of nitrogens with one attached hydrogen (secondary N) is 1. The van der Waals surface area contributed by atoms with Gasteiger partial charge in [0.15, 0.2) is 0 Å². The van der Waals surface area contributed by atoms with Gasteiger partial charge in [-0.1, -0.05) is 41.4 Å². The number of hydrogen-bond acceptors (Lipinski definition) is 2. The standard InChI is InChI=1S/C13H10Cl2FNO2S/c14-11-2-1-3-12(15)13(11)20(18,19)17-8-9-4-6-10(16)7-5-9/h1-7,17H,8H2. The number of sulfonamides is 1. The Hall–Kier alpha value is -1.14. The molecule has 0 saturated heterocycles. The zero-order valence-electron chi connectivity index (χ0n) is 10.1. The first-order valence-corrected chi connectivity index (χ1v) is 7.82. The fourth-order valence-corrected chi connectivity index (χ4v) is 3.75. The maximum Gasteiger partial charge on any atom is 0.243 e. The zero-order valence-corrected chi connectivity index (χ0v) is 12.4. The van der Waals surface area contributed by atoms with Gasteiger partial charge in [0.05, 0.1) is 10.0 Å². The summed E-state index contributed by atoms with van der Waals surface area (Å²) in [6.45, 7) is 0.0180. The highest BCUT2D eigenvalue weighted by Crippen LogP contribution is 2.28. The lowest BCUT2D eigenvalue weighted by molar-refractivity contribution is 0.581. The molecule has 0 amide bonds. The third kappa shape index (κ3) is 3.49. The van der Waals surface area contributed by atoms with Gasteiger partial charge in [0.25, 0.3) is 0 Å². The molecule has 1 N–H and O–H groups in total. The molecule has 0 saturated carbocycles. The van der Waals surface area contributed by atoms with E-state index in [9.17, 15) is 12.8 Å². The molecule has 2 aromatic carbocycles. The third-order valence-corrected chi connectivity index (χ3v) is 4.92. The van der Waals surface area contributed by atoms with Crippen LogP contribution in [0.15, 0.2) is 47.4 Å². The minimum atomic E-state index is -3.84. The summed E-state index contributed by atoms with van der Waals surface area (Å²) in [4.78, 5) is -0.162. The SMILES string of the molecule is O=S(=O)(NCc1ccc(F)cc1)c1c(Cl)cccc1Cl. The number of halogens is 3. The summed E-state index contributed by atoms with van der Waals surface area (Å²) in [5.41, 5.74) is 0.623. The lowest BCUT2D eigenvalue weighted by Crippen LogP contribution is -2.23. The predicted molar refractivity (Wildman–Crippen MR) is 76.9 cm³/mol. The molecule has 0 spiro atoms. The molecule has 0 aliphatic rings. The fourth-order valence-electron chi connectivity index (χ4n) is 1.59. The van der Waals surface area contributed by atoms with E-state index in [-0.39, 0.29) is 27.3 Å². The molecule has 0 aliphatic carbocycles. The minimum absolute atomic E-state index is 0.0180. The normalized spacial score (nSPS) is 11.6. The van der Waals surface area contributed by atoms with Crippen LogP contribution in [0.25, 0.3) is 0 Å². The van der Waals surface area contributed by atoms with E-state index in [1.807, 2.05) is 0 Å². The van der Waals surface area contributed by atoms with Crippen molar-refractivity contribution in [2.75, 3.05) is 0 Å². The van der Waals surface area contributed by atoms with Gasteiger partial charge in [-0.3, -0.25) is 0 Å². The molecule has 0 fully saturated rings. The summed E-state index contributed by atoms with van der Waals surface area (Å²) in [6.07, 6.45) is 0. The van der Waals surface area contributed by atoms with Gasteiger partial charge in [0, 0.05) is 6.54 Å². The Kier molecular flexibility index (Phi) is 4.65. The van der Waals surface area contributed by atoms with Crippen molar-refractivity contribution in [1.82, 2.24) is 4.72 Å². The first-order valence-electron chi connectivity index (χ1n) is 5.58.